The van der Waals surface area contributed by atoms with Gasteiger partial charge in [0.05, 0.1) is 12.3 Å². The SMILES string of the molecule is CCOc1ccccc1N1CCN(C(=O)N[C@H](C)CCCC(C)C)CC1. The van der Waals surface area contributed by atoms with Gasteiger partial charge >= 0.3 is 6.03 Å². The molecule has 146 valence electrons. The van der Waals surface area contributed by atoms with Gasteiger partial charge in [0.25, 0.3) is 0 Å². The minimum absolute atomic E-state index is 0.0693. The van der Waals surface area contributed by atoms with Crippen molar-refractivity contribution in [3.8, 4) is 5.75 Å². The first-order valence-corrected chi connectivity index (χ1v) is 10.0. The lowest BCUT2D eigenvalue weighted by Crippen LogP contribution is -2.53. The van der Waals surface area contributed by atoms with Crippen LogP contribution in [0.1, 0.15) is 47.0 Å². The average Bonchev–Trinajstić information content (AvgIpc) is 2.62. The molecule has 1 fully saturated rings. The third kappa shape index (κ3) is 6.11. The fourth-order valence-corrected chi connectivity index (χ4v) is 3.35. The van der Waals surface area contributed by atoms with Crippen molar-refractivity contribution in [3.05, 3.63) is 24.3 Å². The molecule has 26 heavy (non-hydrogen) atoms. The molecule has 1 atom stereocenters. The number of nitrogens with zero attached hydrogens (tertiary/aromatic N) is 2. The minimum Gasteiger partial charge on any atom is -0.492 e. The molecule has 0 spiro atoms. The lowest BCUT2D eigenvalue weighted by molar-refractivity contribution is 0.190. The Kier molecular flexibility index (Phi) is 8.07. The van der Waals surface area contributed by atoms with Gasteiger partial charge in [0.1, 0.15) is 5.75 Å². The number of ether oxygens (including phenoxy) is 1. The number of urea groups is 1. The molecule has 0 saturated carbocycles. The number of nitrogens with one attached hydrogen (secondary N) is 1. The Labute approximate surface area is 158 Å². The number of carbonyl (C=O) groups is 1. The first kappa shape index (κ1) is 20.4. The molecule has 5 heteroatoms. The zero-order valence-corrected chi connectivity index (χ0v) is 16.8. The summed E-state index contributed by atoms with van der Waals surface area (Å²) in [5, 5.41) is 3.15. The third-order valence-corrected chi connectivity index (χ3v) is 4.86. The Morgan fingerprint density at radius 2 is 1.81 bits per heavy atom. The molecule has 1 aliphatic rings. The quantitative estimate of drug-likeness (QED) is 0.757. The van der Waals surface area contributed by atoms with Crippen LogP contribution in [-0.2, 0) is 0 Å². The van der Waals surface area contributed by atoms with E-state index in [-0.39, 0.29) is 12.1 Å². The Morgan fingerprint density at radius 3 is 2.46 bits per heavy atom. The van der Waals surface area contributed by atoms with Crippen molar-refractivity contribution in [3.63, 3.8) is 0 Å². The number of benzene rings is 1. The Bertz CT molecular complexity index is 554. The lowest BCUT2D eigenvalue weighted by atomic mass is 10.0. The number of carbonyl (C=O) groups excluding carboxylic acids is 1. The number of amides is 2. The van der Waals surface area contributed by atoms with Gasteiger partial charge in [-0.1, -0.05) is 38.8 Å². The normalized spacial score (nSPS) is 15.9. The maximum Gasteiger partial charge on any atom is 0.317 e. The first-order valence-electron chi connectivity index (χ1n) is 10.0. The van der Waals surface area contributed by atoms with Gasteiger partial charge in [-0.15, -0.1) is 0 Å². The van der Waals surface area contributed by atoms with Crippen LogP contribution in [0.25, 0.3) is 0 Å². The minimum atomic E-state index is 0.0693. The standard InChI is InChI=1S/C21H35N3O2/c1-5-26-20-12-7-6-11-19(20)23-13-15-24(16-14-23)21(25)22-18(4)10-8-9-17(2)3/h6-7,11-12,17-18H,5,8-10,13-16H2,1-4H3,(H,22,25)/t18-/m1/s1. The van der Waals surface area contributed by atoms with Gasteiger partial charge < -0.3 is 19.9 Å². The van der Waals surface area contributed by atoms with Gasteiger partial charge in [0.15, 0.2) is 0 Å². The molecular formula is C21H35N3O2. The van der Waals surface area contributed by atoms with Gasteiger partial charge in [0, 0.05) is 32.2 Å². The summed E-state index contributed by atoms with van der Waals surface area (Å²) in [5.74, 6) is 1.65. The fraction of sp³-hybridized carbons (Fsp3) is 0.667. The van der Waals surface area contributed by atoms with E-state index in [0.29, 0.717) is 6.61 Å². The molecule has 1 heterocycles. The van der Waals surface area contributed by atoms with E-state index in [1.54, 1.807) is 0 Å². The number of para-hydroxylation sites is 2. The smallest absolute Gasteiger partial charge is 0.317 e. The van der Waals surface area contributed by atoms with E-state index >= 15 is 0 Å². The monoisotopic (exact) mass is 361 g/mol. The summed E-state index contributed by atoms with van der Waals surface area (Å²) in [4.78, 5) is 16.7. The summed E-state index contributed by atoms with van der Waals surface area (Å²) in [6, 6.07) is 8.45. The molecule has 0 aliphatic carbocycles. The zero-order chi connectivity index (χ0) is 18.9. The van der Waals surface area contributed by atoms with E-state index in [9.17, 15) is 4.79 Å². The predicted octanol–water partition coefficient (Wildman–Crippen LogP) is 4.13. The van der Waals surface area contributed by atoms with E-state index in [4.69, 9.17) is 4.74 Å². The van der Waals surface area contributed by atoms with Gasteiger partial charge in [0.2, 0.25) is 0 Å². The first-order chi connectivity index (χ1) is 12.5. The summed E-state index contributed by atoms with van der Waals surface area (Å²) >= 11 is 0. The second-order valence-corrected chi connectivity index (χ2v) is 7.55. The van der Waals surface area contributed by atoms with E-state index in [2.05, 4.69) is 37.1 Å². The van der Waals surface area contributed by atoms with E-state index in [0.717, 1.165) is 50.0 Å². The van der Waals surface area contributed by atoms with E-state index in [1.165, 1.54) is 12.8 Å². The topological polar surface area (TPSA) is 44.8 Å². The van der Waals surface area contributed by atoms with Crippen molar-refractivity contribution in [2.75, 3.05) is 37.7 Å². The van der Waals surface area contributed by atoms with Gasteiger partial charge in [-0.3, -0.25) is 0 Å². The van der Waals surface area contributed by atoms with Gasteiger partial charge in [-0.05, 0) is 38.3 Å². The molecule has 0 aromatic heterocycles. The van der Waals surface area contributed by atoms with Crippen molar-refractivity contribution in [1.29, 1.82) is 0 Å². The summed E-state index contributed by atoms with van der Waals surface area (Å²) in [6.07, 6.45) is 3.44. The summed E-state index contributed by atoms with van der Waals surface area (Å²) in [5.41, 5.74) is 1.12. The maximum absolute atomic E-state index is 12.5. The van der Waals surface area contributed by atoms with Crippen LogP contribution in [0.15, 0.2) is 24.3 Å². The molecule has 1 aromatic carbocycles. The van der Waals surface area contributed by atoms with Crippen molar-refractivity contribution >= 4 is 11.7 Å². The number of hydrogen-bond acceptors (Lipinski definition) is 3. The largest absolute Gasteiger partial charge is 0.492 e. The van der Waals surface area contributed by atoms with Crippen molar-refractivity contribution < 1.29 is 9.53 Å². The fourth-order valence-electron chi connectivity index (χ4n) is 3.35. The second kappa shape index (κ2) is 10.3. The van der Waals surface area contributed by atoms with Crippen LogP contribution in [-0.4, -0.2) is 49.8 Å². The zero-order valence-electron chi connectivity index (χ0n) is 16.8. The average molecular weight is 362 g/mol. The van der Waals surface area contributed by atoms with Crippen LogP contribution in [0.5, 0.6) is 5.75 Å². The highest BCUT2D eigenvalue weighted by molar-refractivity contribution is 5.75. The van der Waals surface area contributed by atoms with Crippen LogP contribution in [0.3, 0.4) is 0 Å². The highest BCUT2D eigenvalue weighted by Crippen LogP contribution is 2.28. The lowest BCUT2D eigenvalue weighted by Gasteiger charge is -2.37. The molecule has 0 radical (unpaired) electrons. The second-order valence-electron chi connectivity index (χ2n) is 7.55. The van der Waals surface area contributed by atoms with Crippen molar-refractivity contribution in [2.24, 2.45) is 5.92 Å². The molecule has 5 nitrogen and oxygen atoms in total. The maximum atomic E-state index is 12.5. The molecule has 0 unspecified atom stereocenters. The highest BCUT2D eigenvalue weighted by Gasteiger charge is 2.23. The summed E-state index contributed by atoms with van der Waals surface area (Å²) < 4.78 is 5.74. The predicted molar refractivity (Wildman–Crippen MR) is 108 cm³/mol. The number of rotatable bonds is 8. The van der Waals surface area contributed by atoms with E-state index < -0.39 is 0 Å². The molecule has 1 saturated heterocycles. The number of hydrogen-bond donors (Lipinski definition) is 1. The van der Waals surface area contributed by atoms with Crippen molar-refractivity contribution in [1.82, 2.24) is 10.2 Å². The summed E-state index contributed by atoms with van der Waals surface area (Å²) in [6.45, 7) is 12.4. The Hall–Kier alpha value is -1.91. The van der Waals surface area contributed by atoms with E-state index in [1.807, 2.05) is 30.0 Å². The molecule has 2 rings (SSSR count). The Morgan fingerprint density at radius 1 is 1.12 bits per heavy atom. The van der Waals surface area contributed by atoms with Crippen molar-refractivity contribution in [2.45, 2.75) is 53.0 Å². The summed E-state index contributed by atoms with van der Waals surface area (Å²) in [7, 11) is 0. The molecular weight excluding hydrogens is 326 g/mol. The third-order valence-electron chi connectivity index (χ3n) is 4.86. The van der Waals surface area contributed by atoms with Crippen LogP contribution < -0.4 is 15.0 Å². The van der Waals surface area contributed by atoms with Crippen LogP contribution >= 0.6 is 0 Å². The number of piperazine rings is 1. The van der Waals surface area contributed by atoms with Gasteiger partial charge in [-0.2, -0.15) is 0 Å². The molecule has 2 amide bonds. The van der Waals surface area contributed by atoms with Gasteiger partial charge in [-0.25, -0.2) is 4.79 Å². The van der Waals surface area contributed by atoms with Crippen LogP contribution in [0, 0.1) is 5.92 Å². The Balaban J connectivity index is 1.80. The highest BCUT2D eigenvalue weighted by atomic mass is 16.5. The number of anilines is 1. The van der Waals surface area contributed by atoms with Crippen LogP contribution in [0.2, 0.25) is 0 Å². The molecule has 1 aromatic rings. The molecule has 1 aliphatic heterocycles. The molecule has 1 N–H and O–H groups in total. The van der Waals surface area contributed by atoms with Crippen LogP contribution in [0.4, 0.5) is 10.5 Å². The molecule has 0 bridgehead atoms.